The van der Waals surface area contributed by atoms with Crippen molar-refractivity contribution in [2.24, 2.45) is 11.7 Å². The lowest BCUT2D eigenvalue weighted by molar-refractivity contribution is 0.166. The SMILES string of the molecule is CC(N)C1CCN(CCn2cncn2)CC1. The second-order valence-corrected chi connectivity index (χ2v) is 4.70. The smallest absolute Gasteiger partial charge is 0.137 e. The van der Waals surface area contributed by atoms with Crippen molar-refractivity contribution in [1.82, 2.24) is 19.7 Å². The van der Waals surface area contributed by atoms with Gasteiger partial charge < -0.3 is 10.6 Å². The van der Waals surface area contributed by atoms with Crippen LogP contribution in [0.3, 0.4) is 0 Å². The van der Waals surface area contributed by atoms with Gasteiger partial charge in [0.25, 0.3) is 0 Å². The lowest BCUT2D eigenvalue weighted by Gasteiger charge is -2.33. The van der Waals surface area contributed by atoms with Gasteiger partial charge in [-0.05, 0) is 38.8 Å². The second kappa shape index (κ2) is 5.41. The van der Waals surface area contributed by atoms with E-state index in [1.165, 1.54) is 25.9 Å². The van der Waals surface area contributed by atoms with Crippen LogP contribution in [0.4, 0.5) is 0 Å². The van der Waals surface area contributed by atoms with Crippen molar-refractivity contribution >= 4 is 0 Å². The Morgan fingerprint density at radius 2 is 2.12 bits per heavy atom. The summed E-state index contributed by atoms with van der Waals surface area (Å²) in [6, 6.07) is 0.345. The monoisotopic (exact) mass is 223 g/mol. The minimum absolute atomic E-state index is 0.345. The van der Waals surface area contributed by atoms with Crippen molar-refractivity contribution in [3.8, 4) is 0 Å². The summed E-state index contributed by atoms with van der Waals surface area (Å²) in [4.78, 5) is 6.42. The van der Waals surface area contributed by atoms with Crippen LogP contribution in [0.25, 0.3) is 0 Å². The predicted molar refractivity (Wildman–Crippen MR) is 62.8 cm³/mol. The molecule has 2 heterocycles. The Kier molecular flexibility index (Phi) is 3.90. The van der Waals surface area contributed by atoms with Gasteiger partial charge in [-0.3, -0.25) is 4.68 Å². The molecule has 1 atom stereocenters. The Labute approximate surface area is 96.6 Å². The van der Waals surface area contributed by atoms with Crippen molar-refractivity contribution in [2.75, 3.05) is 19.6 Å². The maximum absolute atomic E-state index is 5.92. The first-order chi connectivity index (χ1) is 7.75. The molecule has 0 radical (unpaired) electrons. The van der Waals surface area contributed by atoms with E-state index in [9.17, 15) is 0 Å². The Morgan fingerprint density at radius 1 is 1.38 bits per heavy atom. The summed E-state index contributed by atoms with van der Waals surface area (Å²) in [5.74, 6) is 0.711. The van der Waals surface area contributed by atoms with Gasteiger partial charge in [0.1, 0.15) is 12.7 Å². The number of hydrogen-bond donors (Lipinski definition) is 1. The van der Waals surface area contributed by atoms with Gasteiger partial charge in [-0.2, -0.15) is 5.10 Å². The van der Waals surface area contributed by atoms with E-state index in [0.29, 0.717) is 12.0 Å². The molecule has 1 fully saturated rings. The summed E-state index contributed by atoms with van der Waals surface area (Å²) in [6.45, 7) is 6.45. The van der Waals surface area contributed by atoms with Crippen molar-refractivity contribution in [3.05, 3.63) is 12.7 Å². The first kappa shape index (κ1) is 11.5. The molecule has 0 bridgehead atoms. The number of likely N-dealkylation sites (tertiary alicyclic amines) is 1. The zero-order chi connectivity index (χ0) is 11.4. The molecule has 5 nitrogen and oxygen atoms in total. The Hall–Kier alpha value is -0.940. The highest BCUT2D eigenvalue weighted by Crippen LogP contribution is 2.19. The molecule has 1 aliphatic heterocycles. The van der Waals surface area contributed by atoms with Crippen molar-refractivity contribution in [2.45, 2.75) is 32.4 Å². The van der Waals surface area contributed by atoms with E-state index in [0.717, 1.165) is 13.1 Å². The normalized spacial score (nSPS) is 21.1. The average Bonchev–Trinajstić information content (AvgIpc) is 2.80. The minimum Gasteiger partial charge on any atom is -0.328 e. The highest BCUT2D eigenvalue weighted by atomic mass is 15.3. The van der Waals surface area contributed by atoms with Crippen LogP contribution >= 0.6 is 0 Å². The lowest BCUT2D eigenvalue weighted by atomic mass is 9.91. The molecule has 16 heavy (non-hydrogen) atoms. The summed E-state index contributed by atoms with van der Waals surface area (Å²) in [5.41, 5.74) is 5.92. The van der Waals surface area contributed by atoms with Gasteiger partial charge in [-0.15, -0.1) is 0 Å². The minimum atomic E-state index is 0.345. The van der Waals surface area contributed by atoms with Crippen LogP contribution in [0.1, 0.15) is 19.8 Å². The average molecular weight is 223 g/mol. The zero-order valence-corrected chi connectivity index (χ0v) is 9.92. The van der Waals surface area contributed by atoms with E-state index in [1.807, 2.05) is 4.68 Å². The van der Waals surface area contributed by atoms with Crippen LogP contribution in [0.15, 0.2) is 12.7 Å². The molecule has 0 saturated carbocycles. The molecule has 1 aliphatic rings. The first-order valence-corrected chi connectivity index (χ1v) is 6.06. The van der Waals surface area contributed by atoms with Crippen LogP contribution in [-0.2, 0) is 6.54 Å². The number of piperidine rings is 1. The maximum atomic E-state index is 5.92. The molecule has 1 aromatic heterocycles. The summed E-state index contributed by atoms with van der Waals surface area (Å²) in [5, 5.41) is 4.10. The summed E-state index contributed by atoms with van der Waals surface area (Å²) in [6.07, 6.45) is 5.82. The fraction of sp³-hybridized carbons (Fsp3) is 0.818. The summed E-state index contributed by atoms with van der Waals surface area (Å²) < 4.78 is 1.89. The molecule has 1 saturated heterocycles. The number of aromatic nitrogens is 3. The molecule has 5 heteroatoms. The Morgan fingerprint density at radius 3 is 2.69 bits per heavy atom. The molecule has 0 aliphatic carbocycles. The van der Waals surface area contributed by atoms with Crippen LogP contribution < -0.4 is 5.73 Å². The maximum Gasteiger partial charge on any atom is 0.137 e. The van der Waals surface area contributed by atoms with Crippen LogP contribution in [-0.4, -0.2) is 45.3 Å². The van der Waals surface area contributed by atoms with E-state index in [2.05, 4.69) is 21.9 Å². The third kappa shape index (κ3) is 3.02. The van der Waals surface area contributed by atoms with E-state index in [4.69, 9.17) is 5.73 Å². The van der Waals surface area contributed by atoms with E-state index >= 15 is 0 Å². The number of hydrogen-bond acceptors (Lipinski definition) is 4. The highest BCUT2D eigenvalue weighted by Gasteiger charge is 2.21. The van der Waals surface area contributed by atoms with Gasteiger partial charge in [0.15, 0.2) is 0 Å². The highest BCUT2D eigenvalue weighted by molar-refractivity contribution is 4.77. The molecule has 0 amide bonds. The van der Waals surface area contributed by atoms with Gasteiger partial charge in [-0.25, -0.2) is 4.98 Å². The third-order valence-electron chi connectivity index (χ3n) is 3.49. The molecular formula is C11H21N5. The standard InChI is InChI=1S/C11H21N5/c1-10(12)11-2-4-15(5-3-11)6-7-16-9-13-8-14-16/h8-11H,2-7,12H2,1H3. The van der Waals surface area contributed by atoms with Crippen molar-refractivity contribution in [1.29, 1.82) is 0 Å². The van der Waals surface area contributed by atoms with Gasteiger partial charge >= 0.3 is 0 Å². The van der Waals surface area contributed by atoms with Gasteiger partial charge in [0, 0.05) is 12.6 Å². The molecular weight excluding hydrogens is 202 g/mol. The molecule has 0 aromatic carbocycles. The van der Waals surface area contributed by atoms with Crippen LogP contribution in [0, 0.1) is 5.92 Å². The fourth-order valence-electron chi connectivity index (χ4n) is 2.29. The summed E-state index contributed by atoms with van der Waals surface area (Å²) in [7, 11) is 0. The number of rotatable bonds is 4. The largest absolute Gasteiger partial charge is 0.328 e. The molecule has 0 spiro atoms. The van der Waals surface area contributed by atoms with E-state index < -0.39 is 0 Å². The van der Waals surface area contributed by atoms with Gasteiger partial charge in [0.05, 0.1) is 6.54 Å². The molecule has 2 N–H and O–H groups in total. The third-order valence-corrected chi connectivity index (χ3v) is 3.49. The number of nitrogens with two attached hydrogens (primary N) is 1. The van der Waals surface area contributed by atoms with Crippen molar-refractivity contribution in [3.63, 3.8) is 0 Å². The topological polar surface area (TPSA) is 60.0 Å². The van der Waals surface area contributed by atoms with E-state index in [1.54, 1.807) is 12.7 Å². The van der Waals surface area contributed by atoms with Crippen LogP contribution in [0.2, 0.25) is 0 Å². The number of nitrogens with zero attached hydrogens (tertiary/aromatic N) is 4. The van der Waals surface area contributed by atoms with E-state index in [-0.39, 0.29) is 0 Å². The first-order valence-electron chi connectivity index (χ1n) is 6.06. The predicted octanol–water partition coefficient (Wildman–Crippen LogP) is 0.337. The molecule has 90 valence electrons. The lowest BCUT2D eigenvalue weighted by Crippen LogP contribution is -2.40. The summed E-state index contributed by atoms with van der Waals surface area (Å²) >= 11 is 0. The Balaban J connectivity index is 1.69. The zero-order valence-electron chi connectivity index (χ0n) is 9.92. The second-order valence-electron chi connectivity index (χ2n) is 4.70. The quantitative estimate of drug-likeness (QED) is 0.799. The fourth-order valence-corrected chi connectivity index (χ4v) is 2.29. The molecule has 1 aromatic rings. The Bertz CT molecular complexity index is 287. The van der Waals surface area contributed by atoms with Gasteiger partial charge in [0.2, 0.25) is 0 Å². The van der Waals surface area contributed by atoms with Crippen LogP contribution in [0.5, 0.6) is 0 Å². The molecule has 1 unspecified atom stereocenters. The van der Waals surface area contributed by atoms with Crippen molar-refractivity contribution < 1.29 is 0 Å². The van der Waals surface area contributed by atoms with Gasteiger partial charge in [-0.1, -0.05) is 0 Å². The molecule has 2 rings (SSSR count).